The lowest BCUT2D eigenvalue weighted by molar-refractivity contribution is 0.647. The van der Waals surface area contributed by atoms with Gasteiger partial charge in [-0.15, -0.1) is 10.2 Å². The molecule has 0 spiro atoms. The van der Waals surface area contributed by atoms with Crippen LogP contribution in [0.5, 0.6) is 0 Å². The van der Waals surface area contributed by atoms with Gasteiger partial charge in [0.25, 0.3) is 0 Å². The highest BCUT2D eigenvalue weighted by Crippen LogP contribution is 2.02. The van der Waals surface area contributed by atoms with Gasteiger partial charge < -0.3 is 14.5 Å². The first-order chi connectivity index (χ1) is 8.79. The van der Waals surface area contributed by atoms with Crippen molar-refractivity contribution in [2.75, 3.05) is 6.54 Å². The number of rotatable bonds is 7. The zero-order valence-corrected chi connectivity index (χ0v) is 11.1. The third kappa shape index (κ3) is 3.43. The molecule has 0 radical (unpaired) electrons. The molecule has 0 bridgehead atoms. The van der Waals surface area contributed by atoms with Gasteiger partial charge in [0, 0.05) is 45.5 Å². The molecule has 0 aliphatic rings. The Hall–Kier alpha value is -1.62. The van der Waals surface area contributed by atoms with Crippen molar-refractivity contribution in [2.24, 2.45) is 7.05 Å². The Labute approximate surface area is 108 Å². The molecular weight excluding hydrogens is 226 g/mol. The van der Waals surface area contributed by atoms with Crippen molar-refractivity contribution in [3.05, 3.63) is 36.2 Å². The molecule has 0 aliphatic heterocycles. The van der Waals surface area contributed by atoms with E-state index in [9.17, 15) is 0 Å². The van der Waals surface area contributed by atoms with Crippen molar-refractivity contribution in [3.63, 3.8) is 0 Å². The zero-order chi connectivity index (χ0) is 12.8. The highest BCUT2D eigenvalue weighted by Gasteiger charge is 2.00. The zero-order valence-electron chi connectivity index (χ0n) is 11.1. The highest BCUT2D eigenvalue weighted by atomic mass is 15.2. The first kappa shape index (κ1) is 12.8. The van der Waals surface area contributed by atoms with E-state index in [4.69, 9.17) is 0 Å². The van der Waals surface area contributed by atoms with Crippen LogP contribution in [-0.4, -0.2) is 25.9 Å². The molecule has 18 heavy (non-hydrogen) atoms. The fourth-order valence-electron chi connectivity index (χ4n) is 1.96. The molecule has 0 aliphatic carbocycles. The summed E-state index contributed by atoms with van der Waals surface area (Å²) in [7, 11) is 1.97. The van der Waals surface area contributed by atoms with Gasteiger partial charge in [-0.05, 0) is 18.1 Å². The van der Waals surface area contributed by atoms with Crippen molar-refractivity contribution in [2.45, 2.75) is 32.9 Å². The Morgan fingerprint density at radius 2 is 2.28 bits per heavy atom. The van der Waals surface area contributed by atoms with Crippen molar-refractivity contribution in [1.29, 1.82) is 0 Å². The van der Waals surface area contributed by atoms with Crippen LogP contribution in [0.2, 0.25) is 0 Å². The van der Waals surface area contributed by atoms with E-state index in [1.165, 1.54) is 12.0 Å². The average Bonchev–Trinajstić information content (AvgIpc) is 2.95. The molecule has 1 N–H and O–H groups in total. The lowest BCUT2D eigenvalue weighted by Gasteiger charge is -2.03. The second-order valence-electron chi connectivity index (χ2n) is 4.54. The van der Waals surface area contributed by atoms with E-state index in [0.29, 0.717) is 0 Å². The van der Waals surface area contributed by atoms with Gasteiger partial charge in [-0.1, -0.05) is 6.92 Å². The summed E-state index contributed by atoms with van der Waals surface area (Å²) in [5, 5.41) is 11.4. The molecule has 0 fully saturated rings. The minimum atomic E-state index is 0.909. The second-order valence-corrected chi connectivity index (χ2v) is 4.54. The lowest BCUT2D eigenvalue weighted by atomic mass is 10.3. The second kappa shape index (κ2) is 6.35. The van der Waals surface area contributed by atoms with Gasteiger partial charge in [-0.3, -0.25) is 0 Å². The summed E-state index contributed by atoms with van der Waals surface area (Å²) in [6, 6.07) is 2.17. The molecule has 0 saturated carbocycles. The van der Waals surface area contributed by atoms with Gasteiger partial charge in [0.1, 0.15) is 12.2 Å². The molecular formula is C13H21N5. The molecule has 2 rings (SSSR count). The van der Waals surface area contributed by atoms with E-state index in [0.717, 1.165) is 31.9 Å². The first-order valence-corrected chi connectivity index (χ1v) is 6.48. The Bertz CT molecular complexity index is 471. The summed E-state index contributed by atoms with van der Waals surface area (Å²) < 4.78 is 4.19. The molecule has 5 nitrogen and oxygen atoms in total. The van der Waals surface area contributed by atoms with Crippen LogP contribution in [0.1, 0.15) is 24.7 Å². The summed E-state index contributed by atoms with van der Waals surface area (Å²) in [5.74, 6) is 1.02. The SMILES string of the molecule is CCCn1ccc(CNCCc2nncn2C)c1. The molecule has 0 aromatic carbocycles. The third-order valence-electron chi connectivity index (χ3n) is 2.95. The Morgan fingerprint density at radius 1 is 1.39 bits per heavy atom. The summed E-state index contributed by atoms with van der Waals surface area (Å²) in [6.07, 6.45) is 8.17. The van der Waals surface area contributed by atoms with E-state index in [1.54, 1.807) is 6.33 Å². The van der Waals surface area contributed by atoms with Crippen LogP contribution >= 0.6 is 0 Å². The van der Waals surface area contributed by atoms with Crippen LogP contribution in [0.4, 0.5) is 0 Å². The Morgan fingerprint density at radius 3 is 3.00 bits per heavy atom. The molecule has 0 atom stereocenters. The summed E-state index contributed by atoms with van der Waals surface area (Å²) in [4.78, 5) is 0. The highest BCUT2D eigenvalue weighted by molar-refractivity contribution is 5.09. The van der Waals surface area contributed by atoms with Crippen molar-refractivity contribution in [3.8, 4) is 0 Å². The molecule has 98 valence electrons. The molecule has 2 aromatic heterocycles. The van der Waals surface area contributed by atoms with Crippen LogP contribution in [0, 0.1) is 0 Å². The van der Waals surface area contributed by atoms with Gasteiger partial charge >= 0.3 is 0 Å². The minimum Gasteiger partial charge on any atom is -0.354 e. The lowest BCUT2D eigenvalue weighted by Crippen LogP contribution is -2.17. The quantitative estimate of drug-likeness (QED) is 0.752. The number of hydrogen-bond donors (Lipinski definition) is 1. The van der Waals surface area contributed by atoms with Gasteiger partial charge in [0.15, 0.2) is 0 Å². The summed E-state index contributed by atoms with van der Waals surface area (Å²) in [6.45, 7) is 5.12. The van der Waals surface area contributed by atoms with E-state index in [-0.39, 0.29) is 0 Å². The summed E-state index contributed by atoms with van der Waals surface area (Å²) >= 11 is 0. The Balaban J connectivity index is 1.70. The topological polar surface area (TPSA) is 47.7 Å². The van der Waals surface area contributed by atoms with E-state index >= 15 is 0 Å². The third-order valence-corrected chi connectivity index (χ3v) is 2.95. The largest absolute Gasteiger partial charge is 0.354 e. The standard InChI is InChI=1S/C13H21N5/c1-3-7-18-8-5-12(10-18)9-14-6-4-13-16-15-11-17(13)2/h5,8,10-11,14H,3-4,6-7,9H2,1-2H3. The van der Waals surface area contributed by atoms with Crippen molar-refractivity contribution in [1.82, 2.24) is 24.6 Å². The van der Waals surface area contributed by atoms with Gasteiger partial charge in [0.2, 0.25) is 0 Å². The maximum absolute atomic E-state index is 4.06. The number of nitrogens with one attached hydrogen (secondary N) is 1. The summed E-state index contributed by atoms with van der Waals surface area (Å²) in [5.41, 5.74) is 1.33. The normalized spacial score (nSPS) is 11.0. The maximum Gasteiger partial charge on any atom is 0.133 e. The number of aromatic nitrogens is 4. The Kier molecular flexibility index (Phi) is 4.52. The van der Waals surface area contributed by atoms with E-state index in [2.05, 4.69) is 45.5 Å². The molecule has 0 saturated heterocycles. The van der Waals surface area contributed by atoms with E-state index in [1.807, 2.05) is 11.6 Å². The smallest absolute Gasteiger partial charge is 0.133 e. The van der Waals surface area contributed by atoms with Crippen LogP contribution in [0.15, 0.2) is 24.8 Å². The van der Waals surface area contributed by atoms with Gasteiger partial charge in [-0.2, -0.15) is 0 Å². The number of aryl methyl sites for hydroxylation is 2. The monoisotopic (exact) mass is 247 g/mol. The molecule has 2 heterocycles. The molecule has 5 heteroatoms. The fourth-order valence-corrected chi connectivity index (χ4v) is 1.96. The fraction of sp³-hybridized carbons (Fsp3) is 0.538. The predicted octanol–water partition coefficient (Wildman–Crippen LogP) is 1.36. The number of nitrogens with zero attached hydrogens (tertiary/aromatic N) is 4. The molecule has 2 aromatic rings. The van der Waals surface area contributed by atoms with Crippen molar-refractivity contribution >= 4 is 0 Å². The minimum absolute atomic E-state index is 0.909. The maximum atomic E-state index is 4.06. The molecule has 0 unspecified atom stereocenters. The first-order valence-electron chi connectivity index (χ1n) is 6.48. The van der Waals surface area contributed by atoms with Gasteiger partial charge in [-0.25, -0.2) is 0 Å². The van der Waals surface area contributed by atoms with Crippen LogP contribution in [0.25, 0.3) is 0 Å². The molecule has 0 amide bonds. The predicted molar refractivity (Wildman–Crippen MR) is 71.1 cm³/mol. The van der Waals surface area contributed by atoms with Crippen LogP contribution in [-0.2, 0) is 26.6 Å². The average molecular weight is 247 g/mol. The van der Waals surface area contributed by atoms with E-state index < -0.39 is 0 Å². The number of hydrogen-bond acceptors (Lipinski definition) is 3. The van der Waals surface area contributed by atoms with Crippen LogP contribution in [0.3, 0.4) is 0 Å². The van der Waals surface area contributed by atoms with Crippen molar-refractivity contribution < 1.29 is 0 Å². The van der Waals surface area contributed by atoms with Gasteiger partial charge in [0.05, 0.1) is 0 Å². The van der Waals surface area contributed by atoms with Crippen LogP contribution < -0.4 is 5.32 Å².